The molecule has 0 radical (unpaired) electrons. The molecule has 0 aromatic heterocycles. The SMILES string of the molecule is CCCCC(C)(CC)OC(=O)CC. The van der Waals surface area contributed by atoms with E-state index in [1.165, 1.54) is 0 Å². The molecule has 2 heteroatoms. The van der Waals surface area contributed by atoms with Crippen molar-refractivity contribution < 1.29 is 9.53 Å². The third-order valence-electron chi connectivity index (χ3n) is 2.46. The Kier molecular flexibility index (Phi) is 5.76. The van der Waals surface area contributed by atoms with E-state index in [9.17, 15) is 4.79 Å². The third kappa shape index (κ3) is 4.91. The highest BCUT2D eigenvalue weighted by molar-refractivity contribution is 5.69. The number of hydrogen-bond acceptors (Lipinski definition) is 2. The average Bonchev–Trinajstić information content (AvgIpc) is 2.14. The minimum Gasteiger partial charge on any atom is -0.459 e. The number of unbranched alkanes of at least 4 members (excludes halogenated alkanes) is 1. The Morgan fingerprint density at radius 2 is 1.92 bits per heavy atom. The fourth-order valence-electron chi connectivity index (χ4n) is 1.20. The Morgan fingerprint density at radius 3 is 2.31 bits per heavy atom. The Balaban J connectivity index is 4.02. The monoisotopic (exact) mass is 186 g/mol. The number of carbonyl (C=O) groups excluding carboxylic acids is 1. The first kappa shape index (κ1) is 12.5. The Bertz CT molecular complexity index is 154. The Morgan fingerprint density at radius 1 is 1.31 bits per heavy atom. The van der Waals surface area contributed by atoms with Crippen LogP contribution in [0.3, 0.4) is 0 Å². The van der Waals surface area contributed by atoms with Gasteiger partial charge in [0.25, 0.3) is 0 Å². The molecule has 0 rings (SSSR count). The lowest BCUT2D eigenvalue weighted by Gasteiger charge is -2.28. The van der Waals surface area contributed by atoms with Gasteiger partial charge in [-0.3, -0.25) is 4.79 Å². The van der Waals surface area contributed by atoms with E-state index in [0.29, 0.717) is 6.42 Å². The van der Waals surface area contributed by atoms with Crippen LogP contribution in [-0.4, -0.2) is 11.6 Å². The Hall–Kier alpha value is -0.530. The summed E-state index contributed by atoms with van der Waals surface area (Å²) in [6, 6.07) is 0. The third-order valence-corrected chi connectivity index (χ3v) is 2.46. The van der Waals surface area contributed by atoms with Crippen molar-refractivity contribution in [2.45, 2.75) is 65.4 Å². The summed E-state index contributed by atoms with van der Waals surface area (Å²) in [5, 5.41) is 0. The summed E-state index contributed by atoms with van der Waals surface area (Å²) in [4.78, 5) is 11.1. The molecule has 2 nitrogen and oxygen atoms in total. The summed E-state index contributed by atoms with van der Waals surface area (Å²) in [6.07, 6.45) is 4.63. The molecule has 0 saturated heterocycles. The van der Waals surface area contributed by atoms with Gasteiger partial charge in [0.15, 0.2) is 0 Å². The van der Waals surface area contributed by atoms with E-state index in [-0.39, 0.29) is 11.6 Å². The van der Waals surface area contributed by atoms with Gasteiger partial charge in [-0.1, -0.05) is 27.2 Å². The van der Waals surface area contributed by atoms with E-state index < -0.39 is 0 Å². The second-order valence-corrected chi connectivity index (χ2v) is 3.73. The Labute approximate surface area is 81.7 Å². The van der Waals surface area contributed by atoms with Crippen molar-refractivity contribution in [2.75, 3.05) is 0 Å². The summed E-state index contributed by atoms with van der Waals surface area (Å²) >= 11 is 0. The van der Waals surface area contributed by atoms with Gasteiger partial charge in [-0.15, -0.1) is 0 Å². The van der Waals surface area contributed by atoms with Gasteiger partial charge in [-0.25, -0.2) is 0 Å². The number of hydrogen-bond donors (Lipinski definition) is 0. The van der Waals surface area contributed by atoms with Crippen molar-refractivity contribution >= 4 is 5.97 Å². The van der Waals surface area contributed by atoms with Crippen LogP contribution in [0.1, 0.15) is 59.8 Å². The highest BCUT2D eigenvalue weighted by atomic mass is 16.6. The van der Waals surface area contributed by atoms with E-state index in [0.717, 1.165) is 25.7 Å². The molecule has 78 valence electrons. The van der Waals surface area contributed by atoms with Crippen LogP contribution in [0.15, 0.2) is 0 Å². The molecule has 1 unspecified atom stereocenters. The smallest absolute Gasteiger partial charge is 0.306 e. The molecule has 1 atom stereocenters. The molecule has 0 aliphatic heterocycles. The van der Waals surface area contributed by atoms with E-state index in [2.05, 4.69) is 13.8 Å². The first-order valence-corrected chi connectivity index (χ1v) is 5.29. The van der Waals surface area contributed by atoms with Gasteiger partial charge in [-0.05, 0) is 26.2 Å². The molecule has 0 saturated carbocycles. The predicted molar refractivity (Wildman–Crippen MR) is 54.6 cm³/mol. The molecule has 0 aromatic rings. The van der Waals surface area contributed by atoms with E-state index >= 15 is 0 Å². The van der Waals surface area contributed by atoms with Gasteiger partial charge in [0.05, 0.1) is 0 Å². The maximum absolute atomic E-state index is 11.1. The number of esters is 1. The summed E-state index contributed by atoms with van der Waals surface area (Å²) in [7, 11) is 0. The topological polar surface area (TPSA) is 26.3 Å². The molecule has 0 aromatic carbocycles. The van der Waals surface area contributed by atoms with Gasteiger partial charge >= 0.3 is 5.97 Å². The zero-order valence-electron chi connectivity index (χ0n) is 9.35. The molecule has 0 amide bonds. The standard InChI is InChI=1S/C11H22O2/c1-5-8-9-11(4,7-3)13-10(12)6-2/h5-9H2,1-4H3. The van der Waals surface area contributed by atoms with Crippen molar-refractivity contribution in [3.8, 4) is 0 Å². The molecule has 0 fully saturated rings. The zero-order chi connectivity index (χ0) is 10.3. The molecule has 0 spiro atoms. The maximum Gasteiger partial charge on any atom is 0.306 e. The molecule has 0 aliphatic carbocycles. The van der Waals surface area contributed by atoms with Crippen molar-refractivity contribution in [1.29, 1.82) is 0 Å². The molecule has 13 heavy (non-hydrogen) atoms. The fraction of sp³-hybridized carbons (Fsp3) is 0.909. The lowest BCUT2D eigenvalue weighted by molar-refractivity contribution is -0.158. The molecular formula is C11H22O2. The fourth-order valence-corrected chi connectivity index (χ4v) is 1.20. The van der Waals surface area contributed by atoms with Crippen LogP contribution >= 0.6 is 0 Å². The van der Waals surface area contributed by atoms with Crippen LogP contribution in [0.5, 0.6) is 0 Å². The van der Waals surface area contributed by atoms with Crippen LogP contribution in [0.2, 0.25) is 0 Å². The van der Waals surface area contributed by atoms with Crippen LogP contribution in [0, 0.1) is 0 Å². The maximum atomic E-state index is 11.1. The number of rotatable bonds is 6. The average molecular weight is 186 g/mol. The first-order chi connectivity index (χ1) is 6.08. The second kappa shape index (κ2) is 6.01. The minimum absolute atomic E-state index is 0.0829. The number of ether oxygens (including phenoxy) is 1. The van der Waals surface area contributed by atoms with Crippen LogP contribution in [0.4, 0.5) is 0 Å². The van der Waals surface area contributed by atoms with Crippen LogP contribution < -0.4 is 0 Å². The molecule has 0 N–H and O–H groups in total. The minimum atomic E-state index is -0.233. The second-order valence-electron chi connectivity index (χ2n) is 3.73. The summed E-state index contributed by atoms with van der Waals surface area (Å²) in [5.41, 5.74) is -0.233. The molecular weight excluding hydrogens is 164 g/mol. The van der Waals surface area contributed by atoms with Gasteiger partial charge in [0.1, 0.15) is 5.60 Å². The van der Waals surface area contributed by atoms with E-state index in [1.807, 2.05) is 13.8 Å². The highest BCUT2D eigenvalue weighted by Crippen LogP contribution is 2.23. The van der Waals surface area contributed by atoms with Crippen LogP contribution in [0.25, 0.3) is 0 Å². The van der Waals surface area contributed by atoms with Crippen LogP contribution in [-0.2, 0) is 9.53 Å². The number of carbonyl (C=O) groups is 1. The largest absolute Gasteiger partial charge is 0.459 e. The van der Waals surface area contributed by atoms with E-state index in [4.69, 9.17) is 4.74 Å². The summed E-state index contributed by atoms with van der Waals surface area (Å²) in [6.45, 7) is 8.07. The van der Waals surface area contributed by atoms with Crippen molar-refractivity contribution in [1.82, 2.24) is 0 Å². The van der Waals surface area contributed by atoms with Gasteiger partial charge in [-0.2, -0.15) is 0 Å². The van der Waals surface area contributed by atoms with E-state index in [1.54, 1.807) is 0 Å². The van der Waals surface area contributed by atoms with Gasteiger partial charge in [0.2, 0.25) is 0 Å². The van der Waals surface area contributed by atoms with Gasteiger partial charge in [0, 0.05) is 6.42 Å². The zero-order valence-corrected chi connectivity index (χ0v) is 9.35. The van der Waals surface area contributed by atoms with Crippen molar-refractivity contribution in [3.63, 3.8) is 0 Å². The quantitative estimate of drug-likeness (QED) is 0.595. The lowest BCUT2D eigenvalue weighted by atomic mass is 9.96. The van der Waals surface area contributed by atoms with Crippen molar-refractivity contribution in [3.05, 3.63) is 0 Å². The first-order valence-electron chi connectivity index (χ1n) is 5.29. The predicted octanol–water partition coefficient (Wildman–Crippen LogP) is 3.30. The highest BCUT2D eigenvalue weighted by Gasteiger charge is 2.24. The van der Waals surface area contributed by atoms with Crippen molar-refractivity contribution in [2.24, 2.45) is 0 Å². The summed E-state index contributed by atoms with van der Waals surface area (Å²) in [5.74, 6) is -0.0829. The molecule has 0 heterocycles. The lowest BCUT2D eigenvalue weighted by Crippen LogP contribution is -2.30. The van der Waals surface area contributed by atoms with Gasteiger partial charge < -0.3 is 4.74 Å². The molecule has 0 bridgehead atoms. The normalized spacial score (nSPS) is 15.1. The molecule has 0 aliphatic rings. The summed E-state index contributed by atoms with van der Waals surface area (Å²) < 4.78 is 5.40.